The smallest absolute Gasteiger partial charge is 0.0286 e. The van der Waals surface area contributed by atoms with Crippen LogP contribution >= 0.6 is 0 Å². The topological polar surface area (TPSA) is 0 Å². The highest BCUT2D eigenvalue weighted by atomic mass is 14.6. The standard InChI is InChI=1S/C10H16/c1-7-4-5-8-9(6-7)10(8,2)3/h8-9H,1,4-6H2,2-3H3/t8-,9+/m0/s1. The number of rotatable bonds is 0. The largest absolute Gasteiger partial charge is 0.0999 e. The van der Waals surface area contributed by atoms with Gasteiger partial charge in [-0.25, -0.2) is 0 Å². The zero-order chi connectivity index (χ0) is 7.35. The van der Waals surface area contributed by atoms with Gasteiger partial charge >= 0.3 is 0 Å². The van der Waals surface area contributed by atoms with E-state index in [9.17, 15) is 0 Å². The van der Waals surface area contributed by atoms with E-state index in [1.807, 2.05) is 0 Å². The molecule has 0 radical (unpaired) electrons. The Morgan fingerprint density at radius 3 is 2.60 bits per heavy atom. The fourth-order valence-electron chi connectivity index (χ4n) is 2.61. The lowest BCUT2D eigenvalue weighted by molar-refractivity contribution is 0.536. The van der Waals surface area contributed by atoms with E-state index >= 15 is 0 Å². The lowest BCUT2D eigenvalue weighted by Gasteiger charge is -2.09. The van der Waals surface area contributed by atoms with Crippen molar-refractivity contribution in [2.45, 2.75) is 33.1 Å². The predicted molar refractivity (Wildman–Crippen MR) is 43.8 cm³/mol. The molecule has 2 rings (SSSR count). The minimum Gasteiger partial charge on any atom is -0.0999 e. The van der Waals surface area contributed by atoms with Crippen molar-refractivity contribution in [2.24, 2.45) is 17.3 Å². The molecule has 0 heteroatoms. The Balaban J connectivity index is 2.10. The first kappa shape index (κ1) is 6.45. The molecule has 2 fully saturated rings. The van der Waals surface area contributed by atoms with Crippen LogP contribution in [0.5, 0.6) is 0 Å². The molecule has 0 aromatic carbocycles. The van der Waals surface area contributed by atoms with E-state index in [1.54, 1.807) is 0 Å². The molecule has 0 aromatic rings. The van der Waals surface area contributed by atoms with E-state index in [4.69, 9.17) is 0 Å². The Hall–Kier alpha value is -0.260. The van der Waals surface area contributed by atoms with E-state index in [0.717, 1.165) is 11.8 Å². The van der Waals surface area contributed by atoms with Crippen LogP contribution in [-0.4, -0.2) is 0 Å². The lowest BCUT2D eigenvalue weighted by Crippen LogP contribution is -1.94. The monoisotopic (exact) mass is 136 g/mol. The fraction of sp³-hybridized carbons (Fsp3) is 0.800. The number of hydrogen-bond donors (Lipinski definition) is 0. The van der Waals surface area contributed by atoms with Crippen LogP contribution in [0, 0.1) is 17.3 Å². The first-order valence-corrected chi connectivity index (χ1v) is 4.29. The maximum Gasteiger partial charge on any atom is -0.0286 e. The summed E-state index contributed by atoms with van der Waals surface area (Å²) < 4.78 is 0. The second-order valence-corrected chi connectivity index (χ2v) is 4.53. The minimum atomic E-state index is 0.666. The molecule has 2 saturated carbocycles. The van der Waals surface area contributed by atoms with Gasteiger partial charge in [-0.1, -0.05) is 26.0 Å². The number of fused-ring (bicyclic) bond motifs is 1. The molecule has 10 heavy (non-hydrogen) atoms. The van der Waals surface area contributed by atoms with Crippen LogP contribution in [0.15, 0.2) is 12.2 Å². The van der Waals surface area contributed by atoms with Gasteiger partial charge in [0.05, 0.1) is 0 Å². The molecule has 0 unspecified atom stereocenters. The molecule has 0 spiro atoms. The molecule has 0 bridgehead atoms. The number of hydrogen-bond acceptors (Lipinski definition) is 0. The van der Waals surface area contributed by atoms with Crippen molar-refractivity contribution in [3.05, 3.63) is 12.2 Å². The summed E-state index contributed by atoms with van der Waals surface area (Å²) in [6, 6.07) is 0. The normalized spacial score (nSPS) is 42.8. The van der Waals surface area contributed by atoms with Crippen molar-refractivity contribution in [1.82, 2.24) is 0 Å². The molecule has 2 aliphatic rings. The maximum absolute atomic E-state index is 4.06. The third kappa shape index (κ3) is 0.680. The summed E-state index contributed by atoms with van der Waals surface area (Å²) in [6.45, 7) is 8.86. The Morgan fingerprint density at radius 2 is 2.10 bits per heavy atom. The molecule has 2 aliphatic carbocycles. The summed E-state index contributed by atoms with van der Waals surface area (Å²) in [5, 5.41) is 0. The van der Waals surface area contributed by atoms with Gasteiger partial charge in [0.1, 0.15) is 0 Å². The van der Waals surface area contributed by atoms with Gasteiger partial charge in [-0.15, -0.1) is 0 Å². The highest BCUT2D eigenvalue weighted by molar-refractivity contribution is 5.16. The summed E-state index contributed by atoms with van der Waals surface area (Å²) in [6.07, 6.45) is 4.03. The van der Waals surface area contributed by atoms with Crippen molar-refractivity contribution < 1.29 is 0 Å². The molecule has 0 heterocycles. The quantitative estimate of drug-likeness (QED) is 0.449. The Morgan fingerprint density at radius 1 is 1.40 bits per heavy atom. The van der Waals surface area contributed by atoms with Gasteiger partial charge in [0.15, 0.2) is 0 Å². The van der Waals surface area contributed by atoms with Crippen molar-refractivity contribution in [3.63, 3.8) is 0 Å². The average Bonchev–Trinajstić information content (AvgIpc) is 2.36. The molecule has 0 saturated heterocycles. The Labute approximate surface area is 63.3 Å². The average molecular weight is 136 g/mol. The van der Waals surface area contributed by atoms with E-state index in [0.29, 0.717) is 5.41 Å². The third-order valence-electron chi connectivity index (χ3n) is 3.61. The van der Waals surface area contributed by atoms with Crippen LogP contribution in [0.1, 0.15) is 33.1 Å². The summed E-state index contributed by atoms with van der Waals surface area (Å²) in [5.41, 5.74) is 2.16. The Bertz CT molecular complexity index is 176. The molecule has 0 aliphatic heterocycles. The van der Waals surface area contributed by atoms with Crippen molar-refractivity contribution in [1.29, 1.82) is 0 Å². The van der Waals surface area contributed by atoms with Gasteiger partial charge in [-0.05, 0) is 36.5 Å². The third-order valence-corrected chi connectivity index (χ3v) is 3.61. The molecular formula is C10H16. The predicted octanol–water partition coefficient (Wildman–Crippen LogP) is 3.00. The molecule has 0 amide bonds. The van der Waals surface area contributed by atoms with Crippen LogP contribution < -0.4 is 0 Å². The SMILES string of the molecule is C=C1CC[C@H]2[C@@H](C1)C2(C)C. The summed E-state index contributed by atoms with van der Waals surface area (Å²) >= 11 is 0. The van der Waals surface area contributed by atoms with Crippen LogP contribution in [-0.2, 0) is 0 Å². The number of allylic oxidation sites excluding steroid dienone is 1. The lowest BCUT2D eigenvalue weighted by atomic mass is 9.97. The van der Waals surface area contributed by atoms with Crippen LogP contribution in [0.4, 0.5) is 0 Å². The van der Waals surface area contributed by atoms with Gasteiger partial charge in [-0.3, -0.25) is 0 Å². The zero-order valence-corrected chi connectivity index (χ0v) is 6.98. The summed E-state index contributed by atoms with van der Waals surface area (Å²) in [4.78, 5) is 0. The van der Waals surface area contributed by atoms with Gasteiger partial charge in [0.25, 0.3) is 0 Å². The highest BCUT2D eigenvalue weighted by Gasteiger charge is 2.57. The minimum absolute atomic E-state index is 0.666. The van der Waals surface area contributed by atoms with Gasteiger partial charge < -0.3 is 0 Å². The molecule has 0 nitrogen and oxygen atoms in total. The van der Waals surface area contributed by atoms with Gasteiger partial charge in [0, 0.05) is 0 Å². The van der Waals surface area contributed by atoms with E-state index in [2.05, 4.69) is 20.4 Å². The second-order valence-electron chi connectivity index (χ2n) is 4.53. The zero-order valence-electron chi connectivity index (χ0n) is 6.98. The molecule has 56 valence electrons. The summed E-state index contributed by atoms with van der Waals surface area (Å²) in [7, 11) is 0. The van der Waals surface area contributed by atoms with Crippen LogP contribution in [0.25, 0.3) is 0 Å². The van der Waals surface area contributed by atoms with E-state index in [-0.39, 0.29) is 0 Å². The van der Waals surface area contributed by atoms with E-state index in [1.165, 1.54) is 24.8 Å². The molecule has 2 atom stereocenters. The van der Waals surface area contributed by atoms with Crippen molar-refractivity contribution in [2.75, 3.05) is 0 Å². The first-order chi connectivity index (χ1) is 4.62. The second kappa shape index (κ2) is 1.66. The van der Waals surface area contributed by atoms with Crippen LogP contribution in [0.2, 0.25) is 0 Å². The van der Waals surface area contributed by atoms with Gasteiger partial charge in [0.2, 0.25) is 0 Å². The highest BCUT2D eigenvalue weighted by Crippen LogP contribution is 2.65. The fourth-order valence-corrected chi connectivity index (χ4v) is 2.61. The Kier molecular flexibility index (Phi) is 1.07. The molecule has 0 aromatic heterocycles. The van der Waals surface area contributed by atoms with Crippen molar-refractivity contribution in [3.8, 4) is 0 Å². The van der Waals surface area contributed by atoms with Gasteiger partial charge in [-0.2, -0.15) is 0 Å². The maximum atomic E-state index is 4.06. The summed E-state index contributed by atoms with van der Waals surface area (Å²) in [5.74, 6) is 2.03. The first-order valence-electron chi connectivity index (χ1n) is 4.29. The molecule has 0 N–H and O–H groups in total. The van der Waals surface area contributed by atoms with Crippen LogP contribution in [0.3, 0.4) is 0 Å². The van der Waals surface area contributed by atoms with Crippen molar-refractivity contribution >= 4 is 0 Å². The van der Waals surface area contributed by atoms with E-state index < -0.39 is 0 Å². The molecular weight excluding hydrogens is 120 g/mol.